The van der Waals surface area contributed by atoms with Gasteiger partial charge in [-0.15, -0.1) is 0 Å². The first-order valence-corrected chi connectivity index (χ1v) is 17.1. The molecule has 0 saturated heterocycles. The van der Waals surface area contributed by atoms with Gasteiger partial charge in [0, 0.05) is 39.0 Å². The fraction of sp³-hybridized carbons (Fsp3) is 0.163. The zero-order chi connectivity index (χ0) is 34.4. The minimum atomic E-state index is 0.324. The van der Waals surface area contributed by atoms with Gasteiger partial charge < -0.3 is 4.42 Å². The quantitative estimate of drug-likeness (QED) is 0.162. The van der Waals surface area contributed by atoms with Crippen molar-refractivity contribution in [3.8, 4) is 28.3 Å². The molecule has 0 amide bonds. The largest absolute Gasteiger partial charge is 0.437 e. The Kier molecular flexibility index (Phi) is 7.96. The SMILES string of the molecule is Cc1ccc2c(n1)oc1c(-c3cccc(N(c4ccccc4)c4cccc(-c5ncnn5-c5c(C(C)C)cccc5C(C)C)c4)n3)cccc12. The van der Waals surface area contributed by atoms with E-state index in [1.165, 1.54) is 11.1 Å². The molecule has 7 nitrogen and oxygen atoms in total. The number of pyridine rings is 2. The Bertz CT molecular complexity index is 2450. The van der Waals surface area contributed by atoms with Crippen molar-refractivity contribution in [3.05, 3.63) is 144 Å². The Balaban J connectivity index is 1.26. The Labute approximate surface area is 291 Å². The molecule has 8 aromatic rings. The van der Waals surface area contributed by atoms with Gasteiger partial charge in [-0.2, -0.15) is 5.10 Å². The average molecular weight is 655 g/mol. The summed E-state index contributed by atoms with van der Waals surface area (Å²) in [6, 6.07) is 41.8. The van der Waals surface area contributed by atoms with Gasteiger partial charge >= 0.3 is 0 Å². The third kappa shape index (κ3) is 5.50. The van der Waals surface area contributed by atoms with Crippen LogP contribution >= 0.6 is 0 Å². The van der Waals surface area contributed by atoms with Gasteiger partial charge in [0.15, 0.2) is 5.82 Å². The number of rotatable bonds is 8. The molecule has 0 N–H and O–H groups in total. The lowest BCUT2D eigenvalue weighted by Crippen LogP contribution is -2.12. The highest BCUT2D eigenvalue weighted by molar-refractivity contribution is 6.08. The fourth-order valence-corrected chi connectivity index (χ4v) is 6.80. The molecule has 0 fully saturated rings. The maximum Gasteiger partial charge on any atom is 0.227 e. The second-order valence-corrected chi connectivity index (χ2v) is 13.3. The van der Waals surface area contributed by atoms with Crippen LogP contribution in [0.25, 0.3) is 50.4 Å². The summed E-state index contributed by atoms with van der Waals surface area (Å²) in [5.41, 5.74) is 10.6. The number of fused-ring (bicyclic) bond motifs is 3. The lowest BCUT2D eigenvalue weighted by atomic mass is 9.92. The van der Waals surface area contributed by atoms with Crippen LogP contribution in [0.2, 0.25) is 0 Å². The summed E-state index contributed by atoms with van der Waals surface area (Å²) in [6.45, 7) is 10.9. The predicted molar refractivity (Wildman–Crippen MR) is 203 cm³/mol. The molecule has 4 aromatic carbocycles. The molecule has 0 bridgehead atoms. The molecular formula is C43H38N6O. The van der Waals surface area contributed by atoms with Crippen LogP contribution in [0.3, 0.4) is 0 Å². The second kappa shape index (κ2) is 12.7. The van der Waals surface area contributed by atoms with Crippen molar-refractivity contribution in [1.29, 1.82) is 0 Å². The fourth-order valence-electron chi connectivity index (χ4n) is 6.80. The van der Waals surface area contributed by atoms with Gasteiger partial charge in [0.1, 0.15) is 17.7 Å². The summed E-state index contributed by atoms with van der Waals surface area (Å²) >= 11 is 0. The van der Waals surface area contributed by atoms with E-state index in [1.807, 2.05) is 54.1 Å². The lowest BCUT2D eigenvalue weighted by Gasteiger charge is -2.25. The summed E-state index contributed by atoms with van der Waals surface area (Å²) in [6.07, 6.45) is 1.65. The van der Waals surface area contributed by atoms with E-state index >= 15 is 0 Å². The summed E-state index contributed by atoms with van der Waals surface area (Å²) in [5, 5.41) is 6.81. The van der Waals surface area contributed by atoms with Crippen LogP contribution in [0, 0.1) is 6.92 Å². The average Bonchev–Trinajstić information content (AvgIpc) is 3.77. The Morgan fingerprint density at radius 2 is 1.38 bits per heavy atom. The van der Waals surface area contributed by atoms with E-state index in [2.05, 4.69) is 116 Å². The summed E-state index contributed by atoms with van der Waals surface area (Å²) in [7, 11) is 0. The van der Waals surface area contributed by atoms with Crippen molar-refractivity contribution < 1.29 is 4.42 Å². The monoisotopic (exact) mass is 654 g/mol. The molecular weight excluding hydrogens is 617 g/mol. The van der Waals surface area contributed by atoms with Gasteiger partial charge in [-0.05, 0) is 84.5 Å². The number of anilines is 3. The molecule has 7 heteroatoms. The molecule has 0 saturated carbocycles. The number of hydrogen-bond acceptors (Lipinski definition) is 6. The number of hydrogen-bond donors (Lipinski definition) is 0. The molecule has 0 aliphatic rings. The van der Waals surface area contributed by atoms with E-state index in [4.69, 9.17) is 19.5 Å². The number of nitrogens with zero attached hydrogens (tertiary/aromatic N) is 6. The van der Waals surface area contributed by atoms with Gasteiger partial charge in [-0.1, -0.05) is 94.4 Å². The number of furan rings is 1. The standard InChI is InChI=1S/C43H38N6O/c1-27(2)33-17-10-18-34(28(3)4)40(33)49-42(44-26-45-49)30-13-9-16-32(25-30)48(31-14-7-6-8-15-31)39-22-12-21-38(47-39)37-20-11-19-35-36-24-23-29(5)46-43(36)50-41(35)37/h6-28H,1-5H3. The number of benzene rings is 4. The molecule has 4 aromatic heterocycles. The highest BCUT2D eigenvalue weighted by Gasteiger charge is 2.22. The van der Waals surface area contributed by atoms with E-state index in [0.717, 1.165) is 67.6 Å². The molecule has 0 aliphatic carbocycles. The minimum Gasteiger partial charge on any atom is -0.437 e. The first-order chi connectivity index (χ1) is 24.4. The van der Waals surface area contributed by atoms with Gasteiger partial charge in [0.05, 0.1) is 11.4 Å². The third-order valence-electron chi connectivity index (χ3n) is 9.22. The Hall–Kier alpha value is -6.08. The molecule has 0 atom stereocenters. The molecule has 0 aliphatic heterocycles. The third-order valence-corrected chi connectivity index (χ3v) is 9.22. The molecule has 246 valence electrons. The van der Waals surface area contributed by atoms with E-state index in [-0.39, 0.29) is 0 Å². The van der Waals surface area contributed by atoms with Gasteiger partial charge in [0.25, 0.3) is 0 Å². The predicted octanol–water partition coefficient (Wildman–Crippen LogP) is 11.3. The van der Waals surface area contributed by atoms with Crippen LogP contribution in [0.5, 0.6) is 0 Å². The van der Waals surface area contributed by atoms with Gasteiger partial charge in [-0.25, -0.2) is 19.6 Å². The van der Waals surface area contributed by atoms with Crippen LogP contribution in [0.1, 0.15) is 56.4 Å². The van der Waals surface area contributed by atoms with Crippen LogP contribution in [-0.2, 0) is 0 Å². The van der Waals surface area contributed by atoms with E-state index in [0.29, 0.717) is 17.5 Å². The topological polar surface area (TPSA) is 72.9 Å². The zero-order valence-electron chi connectivity index (χ0n) is 28.9. The van der Waals surface area contributed by atoms with Gasteiger partial charge in [-0.3, -0.25) is 4.90 Å². The number of aromatic nitrogens is 5. The van der Waals surface area contributed by atoms with Crippen LogP contribution in [-0.4, -0.2) is 24.7 Å². The molecule has 4 heterocycles. The first-order valence-electron chi connectivity index (χ1n) is 17.1. The Morgan fingerprint density at radius 3 is 2.16 bits per heavy atom. The summed E-state index contributed by atoms with van der Waals surface area (Å²) in [4.78, 5) is 16.9. The molecule has 0 spiro atoms. The lowest BCUT2D eigenvalue weighted by molar-refractivity contribution is 0.653. The van der Waals surface area contributed by atoms with E-state index < -0.39 is 0 Å². The van der Waals surface area contributed by atoms with E-state index in [1.54, 1.807) is 6.33 Å². The molecule has 50 heavy (non-hydrogen) atoms. The highest BCUT2D eigenvalue weighted by Crippen LogP contribution is 2.39. The summed E-state index contributed by atoms with van der Waals surface area (Å²) in [5.74, 6) is 2.22. The van der Waals surface area contributed by atoms with Gasteiger partial charge in [0.2, 0.25) is 5.71 Å². The number of para-hydroxylation sites is 3. The van der Waals surface area contributed by atoms with Crippen molar-refractivity contribution in [2.45, 2.75) is 46.5 Å². The number of aryl methyl sites for hydroxylation is 1. The maximum atomic E-state index is 6.36. The summed E-state index contributed by atoms with van der Waals surface area (Å²) < 4.78 is 8.37. The second-order valence-electron chi connectivity index (χ2n) is 13.3. The Morgan fingerprint density at radius 1 is 0.660 bits per heavy atom. The van der Waals surface area contributed by atoms with Crippen LogP contribution < -0.4 is 4.90 Å². The molecule has 0 radical (unpaired) electrons. The van der Waals surface area contributed by atoms with Crippen LogP contribution in [0.15, 0.2) is 132 Å². The van der Waals surface area contributed by atoms with Crippen molar-refractivity contribution in [3.63, 3.8) is 0 Å². The smallest absolute Gasteiger partial charge is 0.227 e. The van der Waals surface area contributed by atoms with Crippen molar-refractivity contribution in [1.82, 2.24) is 24.7 Å². The minimum absolute atomic E-state index is 0.324. The van der Waals surface area contributed by atoms with E-state index in [9.17, 15) is 0 Å². The van der Waals surface area contributed by atoms with Crippen molar-refractivity contribution in [2.75, 3.05) is 4.90 Å². The maximum absolute atomic E-state index is 6.36. The zero-order valence-corrected chi connectivity index (χ0v) is 28.9. The molecule has 8 rings (SSSR count). The van der Waals surface area contributed by atoms with Crippen molar-refractivity contribution in [2.24, 2.45) is 0 Å². The normalized spacial score (nSPS) is 11.7. The first kappa shape index (κ1) is 31.2. The van der Waals surface area contributed by atoms with Crippen LogP contribution in [0.4, 0.5) is 17.2 Å². The van der Waals surface area contributed by atoms with Crippen molar-refractivity contribution >= 4 is 39.3 Å². The highest BCUT2D eigenvalue weighted by atomic mass is 16.3. The molecule has 0 unspecified atom stereocenters.